The third-order valence-corrected chi connectivity index (χ3v) is 4.36. The third-order valence-electron chi connectivity index (χ3n) is 3.75. The molecule has 1 amide bonds. The first kappa shape index (κ1) is 21.5. The average molecular weight is 413 g/mol. The van der Waals surface area contributed by atoms with Crippen molar-refractivity contribution in [3.63, 3.8) is 0 Å². The fourth-order valence-corrected chi connectivity index (χ4v) is 3.13. The van der Waals surface area contributed by atoms with Gasteiger partial charge in [-0.15, -0.1) is 0 Å². The summed E-state index contributed by atoms with van der Waals surface area (Å²) in [4.78, 5) is 14.2. The first-order valence-electron chi connectivity index (χ1n) is 8.83. The van der Waals surface area contributed by atoms with E-state index in [1.165, 1.54) is 4.90 Å². The fraction of sp³-hybridized carbons (Fsp3) is 0.474. The lowest BCUT2D eigenvalue weighted by atomic mass is 10.1. The molecule has 6 nitrogen and oxygen atoms in total. The molecule has 148 valence electrons. The van der Waals surface area contributed by atoms with Crippen molar-refractivity contribution < 1.29 is 19.0 Å². The van der Waals surface area contributed by atoms with Gasteiger partial charge < -0.3 is 19.5 Å². The minimum absolute atomic E-state index is 0.0405. The summed E-state index contributed by atoms with van der Waals surface area (Å²) in [6.45, 7) is 7.51. The number of nitrogens with one attached hydrogen (secondary N) is 1. The number of methoxy groups -OCH3 is 1. The van der Waals surface area contributed by atoms with Crippen LogP contribution < -0.4 is 14.8 Å². The van der Waals surface area contributed by atoms with Gasteiger partial charge in [-0.25, -0.2) is 0 Å². The van der Waals surface area contributed by atoms with Crippen molar-refractivity contribution in [1.29, 1.82) is 0 Å². The lowest BCUT2D eigenvalue weighted by Crippen LogP contribution is -2.32. The number of nitrogens with zero attached hydrogens (tertiary/aromatic N) is 1. The van der Waals surface area contributed by atoms with Crippen LogP contribution in [0.15, 0.2) is 17.8 Å². The Kier molecular flexibility index (Phi) is 7.89. The normalized spacial score (nSPS) is 15.6. The van der Waals surface area contributed by atoms with E-state index in [0.29, 0.717) is 52.7 Å². The Morgan fingerprint density at radius 2 is 2.11 bits per heavy atom. The van der Waals surface area contributed by atoms with Crippen molar-refractivity contribution in [2.75, 3.05) is 26.9 Å². The quantitative estimate of drug-likeness (QED) is 0.380. The minimum atomic E-state index is -0.172. The predicted molar refractivity (Wildman–Crippen MR) is 110 cm³/mol. The number of thiocarbonyl (C=S) groups is 1. The van der Waals surface area contributed by atoms with Crippen LogP contribution in [-0.2, 0) is 9.53 Å². The molecule has 0 aromatic heterocycles. The lowest BCUT2D eigenvalue weighted by molar-refractivity contribution is -0.122. The van der Waals surface area contributed by atoms with Gasteiger partial charge in [0, 0.05) is 19.8 Å². The predicted octanol–water partition coefficient (Wildman–Crippen LogP) is 3.62. The smallest absolute Gasteiger partial charge is 0.276 e. The molecule has 1 aromatic rings. The molecule has 0 bridgehead atoms. The number of ether oxygens (including phenoxy) is 3. The van der Waals surface area contributed by atoms with Gasteiger partial charge in [0.05, 0.1) is 18.2 Å². The Labute approximate surface area is 170 Å². The maximum absolute atomic E-state index is 12.6. The first-order valence-corrected chi connectivity index (χ1v) is 9.62. The number of hydrogen-bond donors (Lipinski definition) is 1. The van der Waals surface area contributed by atoms with Crippen LogP contribution in [0, 0.1) is 0 Å². The van der Waals surface area contributed by atoms with E-state index >= 15 is 0 Å². The van der Waals surface area contributed by atoms with E-state index in [1.807, 2.05) is 20.8 Å². The van der Waals surface area contributed by atoms with Crippen LogP contribution in [0.25, 0.3) is 6.08 Å². The number of amides is 1. The second-order valence-electron chi connectivity index (χ2n) is 6.20. The summed E-state index contributed by atoms with van der Waals surface area (Å²) in [5.74, 6) is 0.814. The lowest BCUT2D eigenvalue weighted by Gasteiger charge is -2.15. The maximum Gasteiger partial charge on any atom is 0.276 e. The molecule has 1 aliphatic heterocycles. The molecule has 1 N–H and O–H groups in total. The van der Waals surface area contributed by atoms with Crippen molar-refractivity contribution in [2.45, 2.75) is 33.3 Å². The van der Waals surface area contributed by atoms with E-state index in [1.54, 1.807) is 25.3 Å². The fourth-order valence-electron chi connectivity index (χ4n) is 2.58. The number of carbonyl (C=O) groups is 1. The second kappa shape index (κ2) is 9.92. The average Bonchev–Trinajstić information content (AvgIpc) is 2.87. The summed E-state index contributed by atoms with van der Waals surface area (Å²) in [6, 6.07) is 3.50. The Bertz CT molecular complexity index is 737. The molecule has 1 aromatic carbocycles. The van der Waals surface area contributed by atoms with Crippen LogP contribution in [0.3, 0.4) is 0 Å². The Morgan fingerprint density at radius 1 is 1.37 bits per heavy atom. The molecule has 0 saturated carbocycles. The number of halogens is 1. The van der Waals surface area contributed by atoms with Gasteiger partial charge in [-0.3, -0.25) is 9.69 Å². The number of rotatable bonds is 9. The minimum Gasteiger partial charge on any atom is -0.493 e. The van der Waals surface area contributed by atoms with E-state index in [-0.39, 0.29) is 12.0 Å². The summed E-state index contributed by atoms with van der Waals surface area (Å²) in [7, 11) is 1.55. The highest BCUT2D eigenvalue weighted by atomic mass is 35.5. The number of hydrogen-bond acceptors (Lipinski definition) is 5. The molecule has 1 aliphatic rings. The van der Waals surface area contributed by atoms with Gasteiger partial charge >= 0.3 is 0 Å². The zero-order valence-corrected chi connectivity index (χ0v) is 17.6. The largest absolute Gasteiger partial charge is 0.493 e. The number of carbonyl (C=O) groups excluding carboxylic acids is 1. The van der Waals surface area contributed by atoms with E-state index in [0.717, 1.165) is 6.42 Å². The highest BCUT2D eigenvalue weighted by Gasteiger charge is 2.30. The van der Waals surface area contributed by atoms with Crippen LogP contribution in [0.5, 0.6) is 11.5 Å². The molecule has 2 rings (SSSR count). The molecule has 1 saturated heterocycles. The molecular formula is C19H25ClN2O4S. The van der Waals surface area contributed by atoms with E-state index in [9.17, 15) is 4.79 Å². The Balaban J connectivity index is 2.19. The van der Waals surface area contributed by atoms with E-state index in [2.05, 4.69) is 5.32 Å². The molecule has 0 unspecified atom stereocenters. The van der Waals surface area contributed by atoms with Crippen LogP contribution in [0.4, 0.5) is 0 Å². The third kappa shape index (κ3) is 5.57. The Hall–Kier alpha value is -1.83. The van der Waals surface area contributed by atoms with Crippen LogP contribution in [0.2, 0.25) is 5.02 Å². The topological polar surface area (TPSA) is 60.0 Å². The molecule has 8 heteroatoms. The molecule has 0 aliphatic carbocycles. The van der Waals surface area contributed by atoms with Gasteiger partial charge in [0.2, 0.25) is 0 Å². The summed E-state index contributed by atoms with van der Waals surface area (Å²) >= 11 is 11.6. The van der Waals surface area contributed by atoms with Gasteiger partial charge in [0.25, 0.3) is 5.91 Å². The molecular weight excluding hydrogens is 388 g/mol. The van der Waals surface area contributed by atoms with Crippen molar-refractivity contribution in [2.24, 2.45) is 0 Å². The monoisotopic (exact) mass is 412 g/mol. The molecule has 0 radical (unpaired) electrons. The first-order chi connectivity index (χ1) is 12.9. The zero-order chi connectivity index (χ0) is 20.0. The van der Waals surface area contributed by atoms with Gasteiger partial charge in [-0.1, -0.05) is 11.6 Å². The van der Waals surface area contributed by atoms with Gasteiger partial charge in [0.15, 0.2) is 16.6 Å². The summed E-state index contributed by atoms with van der Waals surface area (Å²) < 4.78 is 16.4. The summed E-state index contributed by atoms with van der Waals surface area (Å²) in [5, 5.41) is 3.76. The van der Waals surface area contributed by atoms with Gasteiger partial charge in [0.1, 0.15) is 5.70 Å². The standard InChI is InChI=1S/C19H25ClN2O4S/c1-5-25-8-6-7-22-18(23)15(21-19(22)27)10-13-9-14(20)17(26-12(2)3)16(11-13)24-4/h9-12H,5-8H2,1-4H3,(H,21,27)/b15-10+. The second-order valence-corrected chi connectivity index (χ2v) is 6.99. The molecule has 27 heavy (non-hydrogen) atoms. The van der Waals surface area contributed by atoms with Gasteiger partial charge in [-0.2, -0.15) is 0 Å². The maximum atomic E-state index is 12.6. The van der Waals surface area contributed by atoms with Crippen LogP contribution >= 0.6 is 23.8 Å². The summed E-state index contributed by atoms with van der Waals surface area (Å²) in [5.41, 5.74) is 1.11. The zero-order valence-electron chi connectivity index (χ0n) is 16.0. The molecule has 0 atom stereocenters. The Morgan fingerprint density at radius 3 is 2.74 bits per heavy atom. The highest BCUT2D eigenvalue weighted by molar-refractivity contribution is 7.80. The van der Waals surface area contributed by atoms with E-state index in [4.69, 9.17) is 38.0 Å². The van der Waals surface area contributed by atoms with Crippen LogP contribution in [-0.4, -0.2) is 48.9 Å². The van der Waals surface area contributed by atoms with Crippen molar-refractivity contribution >= 4 is 40.9 Å². The summed E-state index contributed by atoms with van der Waals surface area (Å²) in [6.07, 6.45) is 2.38. The van der Waals surface area contributed by atoms with Crippen LogP contribution in [0.1, 0.15) is 32.8 Å². The molecule has 1 fully saturated rings. The molecule has 1 heterocycles. The highest BCUT2D eigenvalue weighted by Crippen LogP contribution is 2.37. The number of benzene rings is 1. The van der Waals surface area contributed by atoms with Gasteiger partial charge in [-0.05, 0) is 63.2 Å². The molecule has 0 spiro atoms. The van der Waals surface area contributed by atoms with Crippen molar-refractivity contribution in [1.82, 2.24) is 10.2 Å². The van der Waals surface area contributed by atoms with Crippen molar-refractivity contribution in [3.8, 4) is 11.5 Å². The van der Waals surface area contributed by atoms with Crippen molar-refractivity contribution in [3.05, 3.63) is 28.4 Å². The van der Waals surface area contributed by atoms with E-state index < -0.39 is 0 Å². The SMILES string of the molecule is CCOCCCN1C(=O)/C(=C\c2cc(Cl)c(OC(C)C)c(OC)c2)NC1=S.